The molecule has 1 atom stereocenters. The maximum absolute atomic E-state index is 13.2. The summed E-state index contributed by atoms with van der Waals surface area (Å²) in [6, 6.07) is 22.7. The molecule has 1 amide bonds. The Morgan fingerprint density at radius 2 is 1.69 bits per heavy atom. The number of anilines is 1. The maximum Gasteiger partial charge on any atom is 0.242 e. The van der Waals surface area contributed by atoms with Crippen LogP contribution in [0.15, 0.2) is 84.0 Å². The van der Waals surface area contributed by atoms with Gasteiger partial charge in [-0.3, -0.25) is 4.79 Å². The first kappa shape index (κ1) is 21.6. The van der Waals surface area contributed by atoms with Crippen molar-refractivity contribution in [3.63, 3.8) is 0 Å². The number of nitrogens with zero attached hydrogens (tertiary/aromatic N) is 3. The predicted molar refractivity (Wildman–Crippen MR) is 123 cm³/mol. The maximum atomic E-state index is 13.2. The molecule has 0 saturated carbocycles. The molecule has 6 nitrogen and oxygen atoms in total. The number of methoxy groups -OCH3 is 1. The highest BCUT2D eigenvalue weighted by atomic mass is 32.2. The number of halogens is 1. The summed E-state index contributed by atoms with van der Waals surface area (Å²) in [5.41, 5.74) is 2.24. The minimum absolute atomic E-state index is 0.234. The topological polar surface area (TPSA) is 69.0 Å². The Kier molecular flexibility index (Phi) is 6.51. The van der Waals surface area contributed by atoms with Crippen LogP contribution < -0.4 is 10.1 Å². The standard InChI is InChI=1S/C24H21FN4O2S/c1-29-22(17-8-14-20(31-2)15-9-17)27-28-24(29)32-21(16-6-4-3-5-7-16)23(30)26-19-12-10-18(25)11-13-19/h3-15,21H,1-2H3,(H,26,30)/t21-/m0/s1. The normalized spacial score (nSPS) is 11.7. The molecule has 0 spiro atoms. The summed E-state index contributed by atoms with van der Waals surface area (Å²) in [7, 11) is 3.48. The molecule has 1 N–H and O–H groups in total. The Labute approximate surface area is 189 Å². The number of benzene rings is 3. The van der Waals surface area contributed by atoms with Gasteiger partial charge in [-0.15, -0.1) is 10.2 Å². The number of nitrogens with one attached hydrogen (secondary N) is 1. The first-order chi connectivity index (χ1) is 15.5. The molecule has 0 fully saturated rings. The molecular formula is C24H21FN4O2S. The van der Waals surface area contributed by atoms with Gasteiger partial charge in [0.05, 0.1) is 7.11 Å². The van der Waals surface area contributed by atoms with Crippen LogP contribution in [0.5, 0.6) is 5.75 Å². The van der Waals surface area contributed by atoms with E-state index in [2.05, 4.69) is 15.5 Å². The van der Waals surface area contributed by atoms with Crippen LogP contribution in [0.3, 0.4) is 0 Å². The lowest BCUT2D eigenvalue weighted by Crippen LogP contribution is -2.19. The van der Waals surface area contributed by atoms with Gasteiger partial charge in [-0.2, -0.15) is 0 Å². The van der Waals surface area contributed by atoms with E-state index in [4.69, 9.17) is 4.74 Å². The molecule has 32 heavy (non-hydrogen) atoms. The van der Waals surface area contributed by atoms with Gasteiger partial charge in [-0.05, 0) is 54.1 Å². The molecular weight excluding hydrogens is 427 g/mol. The molecule has 0 aliphatic heterocycles. The monoisotopic (exact) mass is 448 g/mol. The SMILES string of the molecule is COc1ccc(-c2nnc(S[C@H](C(=O)Nc3ccc(F)cc3)c3ccccc3)n2C)cc1. The Morgan fingerprint density at radius 3 is 2.34 bits per heavy atom. The van der Waals surface area contributed by atoms with Gasteiger partial charge in [-0.1, -0.05) is 42.1 Å². The van der Waals surface area contributed by atoms with Crippen LogP contribution in [0.2, 0.25) is 0 Å². The van der Waals surface area contributed by atoms with Crippen LogP contribution in [0, 0.1) is 5.82 Å². The van der Waals surface area contributed by atoms with Crippen molar-refractivity contribution >= 4 is 23.4 Å². The molecule has 0 unspecified atom stereocenters. The molecule has 162 valence electrons. The Morgan fingerprint density at radius 1 is 1.00 bits per heavy atom. The fourth-order valence-electron chi connectivity index (χ4n) is 3.16. The molecule has 4 rings (SSSR count). The van der Waals surface area contributed by atoms with Crippen LogP contribution in [-0.2, 0) is 11.8 Å². The fourth-order valence-corrected chi connectivity index (χ4v) is 4.16. The third-order valence-electron chi connectivity index (χ3n) is 4.86. The second-order valence-electron chi connectivity index (χ2n) is 7.00. The first-order valence-electron chi connectivity index (χ1n) is 9.87. The van der Waals surface area contributed by atoms with Gasteiger partial charge in [-0.25, -0.2) is 4.39 Å². The average molecular weight is 449 g/mol. The predicted octanol–water partition coefficient (Wildman–Crippen LogP) is 5.10. The van der Waals surface area contributed by atoms with Crippen molar-refractivity contribution in [2.75, 3.05) is 12.4 Å². The van der Waals surface area contributed by atoms with Gasteiger partial charge in [0.25, 0.3) is 0 Å². The number of hydrogen-bond acceptors (Lipinski definition) is 5. The molecule has 0 saturated heterocycles. The Hall–Kier alpha value is -3.65. The van der Waals surface area contributed by atoms with Crippen molar-refractivity contribution in [2.24, 2.45) is 7.05 Å². The number of amides is 1. The van der Waals surface area contributed by atoms with Gasteiger partial charge in [0.1, 0.15) is 16.8 Å². The molecule has 0 aliphatic carbocycles. The minimum Gasteiger partial charge on any atom is -0.497 e. The number of carbonyl (C=O) groups excluding carboxylic acids is 1. The largest absolute Gasteiger partial charge is 0.497 e. The van der Waals surface area contributed by atoms with Crippen LogP contribution in [0.4, 0.5) is 10.1 Å². The zero-order chi connectivity index (χ0) is 22.5. The Bertz CT molecular complexity index is 1200. The fraction of sp³-hybridized carbons (Fsp3) is 0.125. The smallest absolute Gasteiger partial charge is 0.242 e. The van der Waals surface area contributed by atoms with Crippen molar-refractivity contribution in [1.29, 1.82) is 0 Å². The highest BCUT2D eigenvalue weighted by Crippen LogP contribution is 2.36. The molecule has 0 aliphatic rings. The summed E-state index contributed by atoms with van der Waals surface area (Å²) in [4.78, 5) is 13.2. The second kappa shape index (κ2) is 9.65. The number of carbonyl (C=O) groups is 1. The lowest BCUT2D eigenvalue weighted by Gasteiger charge is -2.16. The molecule has 4 aromatic rings. The van der Waals surface area contributed by atoms with Gasteiger partial charge >= 0.3 is 0 Å². The van der Waals surface area contributed by atoms with E-state index in [1.54, 1.807) is 7.11 Å². The van der Waals surface area contributed by atoms with E-state index in [-0.39, 0.29) is 11.7 Å². The Balaban J connectivity index is 1.60. The first-order valence-corrected chi connectivity index (χ1v) is 10.7. The summed E-state index contributed by atoms with van der Waals surface area (Å²) in [5.74, 6) is 0.844. The summed E-state index contributed by atoms with van der Waals surface area (Å²) < 4.78 is 20.3. The van der Waals surface area contributed by atoms with Gasteiger partial charge in [0, 0.05) is 18.3 Å². The van der Waals surface area contributed by atoms with E-state index in [1.165, 1.54) is 36.0 Å². The lowest BCUT2D eigenvalue weighted by atomic mass is 10.1. The number of hydrogen-bond donors (Lipinski definition) is 1. The molecule has 0 radical (unpaired) electrons. The third kappa shape index (κ3) is 4.81. The van der Waals surface area contributed by atoms with E-state index in [1.807, 2.05) is 66.2 Å². The zero-order valence-electron chi connectivity index (χ0n) is 17.5. The van der Waals surface area contributed by atoms with E-state index in [9.17, 15) is 9.18 Å². The third-order valence-corrected chi connectivity index (χ3v) is 6.15. The van der Waals surface area contributed by atoms with Crippen molar-refractivity contribution in [2.45, 2.75) is 10.4 Å². The molecule has 0 bridgehead atoms. The number of aromatic nitrogens is 3. The summed E-state index contributed by atoms with van der Waals surface area (Å²) in [6.07, 6.45) is 0. The highest BCUT2D eigenvalue weighted by Gasteiger charge is 2.25. The summed E-state index contributed by atoms with van der Waals surface area (Å²) in [5, 5.41) is 11.5. The van der Waals surface area contributed by atoms with Crippen LogP contribution >= 0.6 is 11.8 Å². The molecule has 8 heteroatoms. The quantitative estimate of drug-likeness (QED) is 0.398. The second-order valence-corrected chi connectivity index (χ2v) is 8.07. The van der Waals surface area contributed by atoms with Crippen molar-refractivity contribution in [3.8, 4) is 17.1 Å². The minimum atomic E-state index is -0.576. The van der Waals surface area contributed by atoms with Crippen LogP contribution in [0.1, 0.15) is 10.8 Å². The van der Waals surface area contributed by atoms with Crippen LogP contribution in [-0.4, -0.2) is 27.8 Å². The van der Waals surface area contributed by atoms with Gasteiger partial charge < -0.3 is 14.6 Å². The van der Waals surface area contributed by atoms with Crippen molar-refractivity contribution in [3.05, 3.63) is 90.2 Å². The number of ether oxygens (including phenoxy) is 1. The van der Waals surface area contributed by atoms with E-state index in [0.29, 0.717) is 16.7 Å². The van der Waals surface area contributed by atoms with Crippen molar-refractivity contribution in [1.82, 2.24) is 14.8 Å². The zero-order valence-corrected chi connectivity index (χ0v) is 18.3. The van der Waals surface area contributed by atoms with Crippen LogP contribution in [0.25, 0.3) is 11.4 Å². The number of thioether (sulfide) groups is 1. The number of rotatable bonds is 7. The van der Waals surface area contributed by atoms with E-state index < -0.39 is 5.25 Å². The van der Waals surface area contributed by atoms with E-state index >= 15 is 0 Å². The average Bonchev–Trinajstić information content (AvgIpc) is 3.19. The molecule has 1 aromatic heterocycles. The van der Waals surface area contributed by atoms with Gasteiger partial charge in [0.15, 0.2) is 11.0 Å². The summed E-state index contributed by atoms with van der Waals surface area (Å²) in [6.45, 7) is 0. The summed E-state index contributed by atoms with van der Waals surface area (Å²) >= 11 is 1.30. The lowest BCUT2D eigenvalue weighted by molar-refractivity contribution is -0.115. The molecule has 3 aromatic carbocycles. The van der Waals surface area contributed by atoms with Crippen molar-refractivity contribution < 1.29 is 13.9 Å². The molecule has 1 heterocycles. The van der Waals surface area contributed by atoms with E-state index in [0.717, 1.165) is 16.9 Å². The van der Waals surface area contributed by atoms with Gasteiger partial charge in [0.2, 0.25) is 5.91 Å². The highest BCUT2D eigenvalue weighted by molar-refractivity contribution is 8.00.